The first kappa shape index (κ1) is 18.6. The summed E-state index contributed by atoms with van der Waals surface area (Å²) < 4.78 is 65.3. The standard InChI is InChI=1S/C12H13F3N6O3S/c1-21-11(18-19-20-21)17-10(22)6-4-5-7(12(13,14)15)9(8(6)24-2)25(3,16)23/h4-5,16H,1-3H3,(H,17,18,20,22). The summed E-state index contributed by atoms with van der Waals surface area (Å²) in [6.45, 7) is 0. The quantitative estimate of drug-likeness (QED) is 0.832. The molecule has 0 aliphatic carbocycles. The number of halogens is 3. The van der Waals surface area contributed by atoms with E-state index in [2.05, 4.69) is 20.8 Å². The van der Waals surface area contributed by atoms with Crippen LogP contribution in [-0.4, -0.2) is 43.7 Å². The Morgan fingerprint density at radius 2 is 2.04 bits per heavy atom. The second-order valence-electron chi connectivity index (χ2n) is 4.94. The minimum absolute atomic E-state index is 0.0587. The third-order valence-corrected chi connectivity index (χ3v) is 4.29. The van der Waals surface area contributed by atoms with Gasteiger partial charge in [0.25, 0.3) is 5.91 Å². The van der Waals surface area contributed by atoms with E-state index in [1.165, 1.54) is 7.05 Å². The minimum atomic E-state index is -4.87. The van der Waals surface area contributed by atoms with Gasteiger partial charge in [0.15, 0.2) is 0 Å². The first-order valence-electron chi connectivity index (χ1n) is 6.52. The molecule has 2 rings (SSSR count). The van der Waals surface area contributed by atoms with Crippen molar-refractivity contribution in [3.05, 3.63) is 23.3 Å². The lowest BCUT2D eigenvalue weighted by Crippen LogP contribution is -2.20. The predicted octanol–water partition coefficient (Wildman–Crippen LogP) is 1.53. The zero-order valence-corrected chi connectivity index (χ0v) is 14.0. The Balaban J connectivity index is 2.64. The van der Waals surface area contributed by atoms with Gasteiger partial charge in [-0.1, -0.05) is 5.10 Å². The molecule has 1 unspecified atom stereocenters. The molecule has 0 saturated carbocycles. The van der Waals surface area contributed by atoms with Gasteiger partial charge < -0.3 is 4.74 Å². The smallest absolute Gasteiger partial charge is 0.417 e. The minimum Gasteiger partial charge on any atom is -0.495 e. The van der Waals surface area contributed by atoms with Crippen LogP contribution in [0, 0.1) is 4.78 Å². The number of tetrazole rings is 1. The fourth-order valence-corrected chi connectivity index (χ4v) is 3.21. The first-order valence-corrected chi connectivity index (χ1v) is 8.49. The van der Waals surface area contributed by atoms with Crippen molar-refractivity contribution in [2.24, 2.45) is 7.05 Å². The molecule has 0 aliphatic heterocycles. The van der Waals surface area contributed by atoms with Crippen LogP contribution in [0.1, 0.15) is 15.9 Å². The number of nitrogens with zero attached hydrogens (tertiary/aromatic N) is 4. The number of hydrogen-bond donors (Lipinski definition) is 2. The van der Waals surface area contributed by atoms with E-state index in [-0.39, 0.29) is 11.5 Å². The number of nitrogens with one attached hydrogen (secondary N) is 2. The highest BCUT2D eigenvalue weighted by atomic mass is 32.2. The number of rotatable bonds is 4. The van der Waals surface area contributed by atoms with Crippen molar-refractivity contribution in [1.29, 1.82) is 4.78 Å². The van der Waals surface area contributed by atoms with Crippen molar-refractivity contribution >= 4 is 21.6 Å². The fraction of sp³-hybridized carbons (Fsp3) is 0.333. The summed E-state index contributed by atoms with van der Waals surface area (Å²) >= 11 is 0. The predicted molar refractivity (Wildman–Crippen MR) is 79.8 cm³/mol. The maximum absolute atomic E-state index is 13.2. The number of hydrogen-bond acceptors (Lipinski definition) is 7. The van der Waals surface area contributed by atoms with Crippen molar-refractivity contribution in [2.45, 2.75) is 11.1 Å². The van der Waals surface area contributed by atoms with E-state index in [0.29, 0.717) is 6.07 Å². The maximum Gasteiger partial charge on any atom is 0.417 e. The molecule has 0 spiro atoms. The largest absolute Gasteiger partial charge is 0.495 e. The van der Waals surface area contributed by atoms with E-state index in [1.807, 2.05) is 0 Å². The fourth-order valence-electron chi connectivity index (χ4n) is 2.06. The Hall–Kier alpha value is -2.70. The number of carbonyl (C=O) groups is 1. The summed E-state index contributed by atoms with van der Waals surface area (Å²) in [5, 5.41) is 12.6. The SMILES string of the molecule is COc1c(C(=O)Nc2nnnn2C)ccc(C(F)(F)F)c1S(C)(=N)=O. The third kappa shape index (κ3) is 3.70. The lowest BCUT2D eigenvalue weighted by molar-refractivity contribution is -0.140. The molecule has 9 nitrogen and oxygen atoms in total. The van der Waals surface area contributed by atoms with Crippen LogP contribution in [0.2, 0.25) is 0 Å². The highest BCUT2D eigenvalue weighted by Gasteiger charge is 2.38. The molecule has 1 aromatic carbocycles. The zero-order chi connectivity index (χ0) is 19.0. The summed E-state index contributed by atoms with van der Waals surface area (Å²) in [6.07, 6.45) is -4.06. The number of aromatic nitrogens is 4. The van der Waals surface area contributed by atoms with Crippen LogP contribution in [0.4, 0.5) is 19.1 Å². The van der Waals surface area contributed by atoms with Crippen LogP contribution in [0.15, 0.2) is 17.0 Å². The van der Waals surface area contributed by atoms with E-state index >= 15 is 0 Å². The molecule has 13 heteroatoms. The van der Waals surface area contributed by atoms with Gasteiger partial charge >= 0.3 is 6.18 Å². The molecule has 25 heavy (non-hydrogen) atoms. The van der Waals surface area contributed by atoms with Crippen molar-refractivity contribution in [2.75, 3.05) is 18.7 Å². The average molecular weight is 378 g/mol. The highest BCUT2D eigenvalue weighted by molar-refractivity contribution is 7.91. The lowest BCUT2D eigenvalue weighted by Gasteiger charge is -2.18. The summed E-state index contributed by atoms with van der Waals surface area (Å²) in [4.78, 5) is 11.5. The first-order chi connectivity index (χ1) is 11.5. The van der Waals surface area contributed by atoms with Gasteiger partial charge in [0.1, 0.15) is 10.6 Å². The lowest BCUT2D eigenvalue weighted by atomic mass is 10.1. The van der Waals surface area contributed by atoms with E-state index in [0.717, 1.165) is 24.1 Å². The average Bonchev–Trinajstić information content (AvgIpc) is 2.88. The second kappa shape index (κ2) is 6.31. The van der Waals surface area contributed by atoms with Crippen molar-refractivity contribution in [1.82, 2.24) is 20.2 Å². The van der Waals surface area contributed by atoms with Crippen LogP contribution in [0.5, 0.6) is 5.75 Å². The van der Waals surface area contributed by atoms with E-state index < -0.39 is 38.0 Å². The van der Waals surface area contributed by atoms with E-state index in [4.69, 9.17) is 9.52 Å². The molecule has 1 heterocycles. The van der Waals surface area contributed by atoms with E-state index in [9.17, 15) is 22.2 Å². The van der Waals surface area contributed by atoms with Gasteiger partial charge in [-0.2, -0.15) is 13.2 Å². The molecule has 0 radical (unpaired) electrons. The number of amides is 1. The van der Waals surface area contributed by atoms with Crippen LogP contribution in [-0.2, 0) is 23.0 Å². The van der Waals surface area contributed by atoms with Crippen molar-refractivity contribution in [3.63, 3.8) is 0 Å². The summed E-state index contributed by atoms with van der Waals surface area (Å²) in [6, 6.07) is 1.45. The number of benzene rings is 1. The van der Waals surface area contributed by atoms with Gasteiger partial charge in [-0.15, -0.1) is 0 Å². The monoisotopic (exact) mass is 378 g/mol. The Kier molecular flexibility index (Phi) is 4.70. The Bertz CT molecular complexity index is 923. The molecule has 2 N–H and O–H groups in total. The number of carbonyl (C=O) groups excluding carboxylic acids is 1. The van der Waals surface area contributed by atoms with E-state index in [1.54, 1.807) is 0 Å². The molecule has 0 aliphatic rings. The normalized spacial score (nSPS) is 14.0. The molecule has 136 valence electrons. The maximum atomic E-state index is 13.2. The molecule has 0 bridgehead atoms. The third-order valence-electron chi connectivity index (χ3n) is 3.10. The van der Waals surface area contributed by atoms with Gasteiger partial charge in [0.05, 0.1) is 28.0 Å². The zero-order valence-electron chi connectivity index (χ0n) is 13.2. The molecule has 1 aromatic heterocycles. The topological polar surface area (TPSA) is 123 Å². The van der Waals surface area contributed by atoms with Gasteiger partial charge in [0.2, 0.25) is 5.95 Å². The molecular weight excluding hydrogens is 365 g/mol. The molecule has 0 fully saturated rings. The molecule has 1 atom stereocenters. The number of ether oxygens (including phenoxy) is 1. The van der Waals surface area contributed by atoms with Crippen LogP contribution in [0.3, 0.4) is 0 Å². The van der Waals surface area contributed by atoms with Crippen LogP contribution < -0.4 is 10.1 Å². The van der Waals surface area contributed by atoms with Gasteiger partial charge in [0, 0.05) is 13.3 Å². The van der Waals surface area contributed by atoms with Gasteiger partial charge in [-0.3, -0.25) is 10.1 Å². The van der Waals surface area contributed by atoms with Crippen LogP contribution in [0.25, 0.3) is 0 Å². The molecule has 2 aromatic rings. The highest BCUT2D eigenvalue weighted by Crippen LogP contribution is 2.40. The Morgan fingerprint density at radius 1 is 1.40 bits per heavy atom. The summed E-state index contributed by atoms with van der Waals surface area (Å²) in [7, 11) is -1.40. The molecule has 1 amide bonds. The number of anilines is 1. The molecule has 0 saturated heterocycles. The summed E-state index contributed by atoms with van der Waals surface area (Å²) in [5.74, 6) is -1.53. The van der Waals surface area contributed by atoms with Gasteiger partial charge in [-0.25, -0.2) is 13.7 Å². The Morgan fingerprint density at radius 3 is 2.48 bits per heavy atom. The van der Waals surface area contributed by atoms with Crippen molar-refractivity contribution in [3.8, 4) is 5.75 Å². The van der Waals surface area contributed by atoms with Crippen molar-refractivity contribution < 1.29 is 26.9 Å². The number of methoxy groups -OCH3 is 1. The van der Waals surface area contributed by atoms with Gasteiger partial charge in [-0.05, 0) is 22.6 Å². The summed E-state index contributed by atoms with van der Waals surface area (Å²) in [5.41, 5.74) is -1.64. The number of alkyl halides is 3. The Labute approximate surface area is 140 Å². The van der Waals surface area contributed by atoms with Crippen LogP contribution >= 0.6 is 0 Å². The number of aryl methyl sites for hydroxylation is 1. The second-order valence-corrected chi connectivity index (χ2v) is 7.04. The molecular formula is C12H13F3N6O3S.